The lowest BCUT2D eigenvalue weighted by molar-refractivity contribution is 0.100. The zero-order valence-electron chi connectivity index (χ0n) is 21.2. The van der Waals surface area contributed by atoms with Gasteiger partial charge < -0.3 is 16.2 Å². The van der Waals surface area contributed by atoms with Crippen molar-refractivity contribution >= 4 is 34.1 Å². The number of amides is 1. The molecule has 0 unspecified atom stereocenters. The van der Waals surface area contributed by atoms with E-state index >= 15 is 0 Å². The summed E-state index contributed by atoms with van der Waals surface area (Å²) >= 11 is 0.745. The molecule has 0 spiro atoms. The molecule has 2 aromatic heterocycles. The summed E-state index contributed by atoms with van der Waals surface area (Å²) in [5.74, 6) is 10.9. The zero-order valence-corrected chi connectivity index (χ0v) is 22.0. The molecule has 2 heterocycles. The highest BCUT2D eigenvalue weighted by atomic mass is 32.2. The number of thioether (sulfide) groups is 1. The van der Waals surface area contributed by atoms with Gasteiger partial charge in [-0.1, -0.05) is 11.8 Å². The van der Waals surface area contributed by atoms with Crippen molar-refractivity contribution < 1.29 is 18.3 Å². The van der Waals surface area contributed by atoms with Crippen molar-refractivity contribution in [3.63, 3.8) is 0 Å². The Morgan fingerprint density at radius 3 is 2.74 bits per heavy atom. The van der Waals surface area contributed by atoms with E-state index in [4.69, 9.17) is 21.6 Å². The molecule has 0 saturated heterocycles. The van der Waals surface area contributed by atoms with Crippen molar-refractivity contribution in [2.24, 2.45) is 27.4 Å². The number of carbonyl (C=O) groups is 1. The molecule has 0 aliphatic heterocycles. The van der Waals surface area contributed by atoms with E-state index in [0.29, 0.717) is 5.92 Å². The van der Waals surface area contributed by atoms with Crippen LogP contribution in [0, 0.1) is 35.0 Å². The molecule has 0 atom stereocenters. The number of carbonyl (C=O) groups excluding carboxylic acids is 1. The lowest BCUT2D eigenvalue weighted by atomic mass is 9.99. The second-order valence-corrected chi connectivity index (χ2v) is 9.17. The molecule has 1 amide bonds. The van der Waals surface area contributed by atoms with Crippen LogP contribution in [0.4, 0.5) is 8.78 Å². The number of hydrogen-bond donors (Lipinski definition) is 3. The Hall–Kier alpha value is -4.55. The van der Waals surface area contributed by atoms with Crippen LogP contribution in [0.25, 0.3) is 11.1 Å². The summed E-state index contributed by atoms with van der Waals surface area (Å²) in [5, 5.41) is 7.68. The van der Waals surface area contributed by atoms with Crippen molar-refractivity contribution in [1.29, 1.82) is 5.41 Å². The van der Waals surface area contributed by atoms with E-state index in [1.807, 2.05) is 0 Å². The first kappa shape index (κ1) is 29.0. The van der Waals surface area contributed by atoms with Gasteiger partial charge in [-0.25, -0.2) is 13.8 Å². The third kappa shape index (κ3) is 8.76. The number of aliphatic imine (C=N–C) groups is 2. The summed E-state index contributed by atoms with van der Waals surface area (Å²) in [4.78, 5) is 29.0. The number of nitrogens with one attached hydrogen (secondary N) is 1. The Bertz CT molecular complexity index is 1480. The van der Waals surface area contributed by atoms with Crippen LogP contribution >= 0.6 is 11.8 Å². The Morgan fingerprint density at radius 2 is 2.08 bits per heavy atom. The summed E-state index contributed by atoms with van der Waals surface area (Å²) in [7, 11) is 1.35. The number of nitrogens with two attached hydrogens (primary N) is 2. The minimum absolute atomic E-state index is 0.0360. The molecule has 1 fully saturated rings. The minimum Gasteiger partial charge on any atom is -0.494 e. The maximum atomic E-state index is 13.5. The Kier molecular flexibility index (Phi) is 10.3. The van der Waals surface area contributed by atoms with E-state index in [1.165, 1.54) is 25.6 Å². The molecular formula is C27H25F2N7O2S. The Morgan fingerprint density at radius 1 is 1.31 bits per heavy atom. The van der Waals surface area contributed by atoms with E-state index in [1.54, 1.807) is 13.1 Å². The van der Waals surface area contributed by atoms with Gasteiger partial charge in [0.15, 0.2) is 5.17 Å². The van der Waals surface area contributed by atoms with Crippen LogP contribution in [0.2, 0.25) is 0 Å². The number of hydrogen-bond acceptors (Lipinski definition) is 8. The summed E-state index contributed by atoms with van der Waals surface area (Å²) in [5.41, 5.74) is 12.1. The molecule has 0 radical (unpaired) electrons. The lowest BCUT2D eigenvalue weighted by Crippen LogP contribution is -2.13. The number of nitrogens with zero attached hydrogens (tertiary/aromatic N) is 4. The third-order valence-electron chi connectivity index (χ3n) is 5.09. The quantitative estimate of drug-likeness (QED) is 0.280. The fourth-order valence-corrected chi connectivity index (χ4v) is 3.43. The van der Waals surface area contributed by atoms with Crippen molar-refractivity contribution in [3.8, 4) is 40.6 Å². The zero-order chi connectivity index (χ0) is 28.4. The Labute approximate surface area is 228 Å². The third-order valence-corrected chi connectivity index (χ3v) is 5.69. The topological polar surface area (TPSA) is 153 Å². The Balaban J connectivity index is 1.99. The number of allylic oxidation sites excluding steroid dienone is 1. The van der Waals surface area contributed by atoms with E-state index in [2.05, 4.69) is 43.6 Å². The van der Waals surface area contributed by atoms with Gasteiger partial charge in [-0.3, -0.25) is 20.2 Å². The highest BCUT2D eigenvalue weighted by Crippen LogP contribution is 2.35. The molecule has 0 aromatic carbocycles. The van der Waals surface area contributed by atoms with Crippen molar-refractivity contribution in [2.75, 3.05) is 13.7 Å². The van der Waals surface area contributed by atoms with Crippen LogP contribution in [0.3, 0.4) is 0 Å². The molecule has 3 rings (SSSR count). The van der Waals surface area contributed by atoms with E-state index < -0.39 is 18.0 Å². The highest BCUT2D eigenvalue weighted by Gasteiger charge is 2.21. The normalized spacial score (nSPS) is 13.5. The van der Waals surface area contributed by atoms with Gasteiger partial charge in [-0.15, -0.1) is 0 Å². The molecule has 1 saturated carbocycles. The van der Waals surface area contributed by atoms with Crippen molar-refractivity contribution in [3.05, 3.63) is 53.3 Å². The predicted octanol–water partition coefficient (Wildman–Crippen LogP) is 3.95. The van der Waals surface area contributed by atoms with Gasteiger partial charge in [0.1, 0.15) is 28.7 Å². The number of ether oxygens (including phenoxy) is 1. The number of methoxy groups -OCH3 is 1. The summed E-state index contributed by atoms with van der Waals surface area (Å²) in [6, 6.07) is 2.59. The van der Waals surface area contributed by atoms with Crippen LogP contribution in [-0.2, 0) is 0 Å². The molecule has 39 heavy (non-hydrogen) atoms. The minimum atomic E-state index is -2.85. The summed E-state index contributed by atoms with van der Waals surface area (Å²) < 4.78 is 32.3. The van der Waals surface area contributed by atoms with E-state index in [-0.39, 0.29) is 44.9 Å². The first-order valence-electron chi connectivity index (χ1n) is 11.6. The SMILES string of the molecule is COc1cnc(C(F)F)cc1-c1cc(C#CCN=C/C(C)=C\N)ncc1C(=O)N=C(N)SC(=N)C#CC1CC1. The number of aromatic nitrogens is 2. The number of halogens is 2. The van der Waals surface area contributed by atoms with Crippen LogP contribution in [-0.4, -0.2) is 46.0 Å². The van der Waals surface area contributed by atoms with E-state index in [0.717, 1.165) is 42.4 Å². The second-order valence-electron chi connectivity index (χ2n) is 8.14. The number of pyridine rings is 2. The predicted molar refractivity (Wildman–Crippen MR) is 149 cm³/mol. The molecule has 9 nitrogen and oxygen atoms in total. The maximum Gasteiger partial charge on any atom is 0.281 e. The second kappa shape index (κ2) is 13.8. The van der Waals surface area contributed by atoms with Gasteiger partial charge in [-0.05, 0) is 67.3 Å². The molecule has 0 bridgehead atoms. The average Bonchev–Trinajstić information content (AvgIpc) is 3.75. The van der Waals surface area contributed by atoms with E-state index in [9.17, 15) is 13.6 Å². The molecule has 200 valence electrons. The number of alkyl halides is 2. The molecule has 1 aliphatic rings. The largest absolute Gasteiger partial charge is 0.494 e. The molecule has 12 heteroatoms. The van der Waals surface area contributed by atoms with Gasteiger partial charge in [-0.2, -0.15) is 4.99 Å². The molecule has 2 aromatic rings. The lowest BCUT2D eigenvalue weighted by Gasteiger charge is -2.13. The van der Waals surface area contributed by atoms with Crippen LogP contribution in [0.5, 0.6) is 5.75 Å². The number of amidine groups is 1. The van der Waals surface area contributed by atoms with Crippen LogP contribution in [0.15, 0.2) is 46.3 Å². The fourth-order valence-electron chi connectivity index (χ4n) is 2.99. The standard InChI is InChI=1S/C27H25F2N7O2S/c1-16(12-30)13-33-9-3-4-18-10-19(20-11-22(25(28)29)35-15-23(20)38-2)21(14-34-18)26(37)36-27(32)39-24(31)8-7-17-5-6-17/h10-15,17,25,31H,5-6,9,30H2,1-2H3,(H2,32,36,37)/b16-12-,31-24?,33-13?. The monoisotopic (exact) mass is 549 g/mol. The molecular weight excluding hydrogens is 524 g/mol. The van der Waals surface area contributed by atoms with Gasteiger partial charge >= 0.3 is 0 Å². The van der Waals surface area contributed by atoms with Crippen LogP contribution < -0.4 is 16.2 Å². The number of rotatable bonds is 6. The van der Waals surface area contributed by atoms with Gasteiger partial charge in [0, 0.05) is 29.5 Å². The van der Waals surface area contributed by atoms with Crippen molar-refractivity contribution in [2.45, 2.75) is 26.2 Å². The summed E-state index contributed by atoms with van der Waals surface area (Å²) in [6.07, 6.45) is 4.52. The highest BCUT2D eigenvalue weighted by molar-refractivity contribution is 8.26. The van der Waals surface area contributed by atoms with Gasteiger partial charge in [0.25, 0.3) is 12.3 Å². The molecule has 1 aliphatic carbocycles. The average molecular weight is 550 g/mol. The summed E-state index contributed by atoms with van der Waals surface area (Å²) in [6.45, 7) is 1.94. The van der Waals surface area contributed by atoms with Crippen LogP contribution in [0.1, 0.15) is 47.9 Å². The first-order valence-corrected chi connectivity index (χ1v) is 12.4. The smallest absolute Gasteiger partial charge is 0.281 e. The first-order chi connectivity index (χ1) is 18.7. The fraction of sp³-hybridized carbons (Fsp3) is 0.259. The van der Waals surface area contributed by atoms with Gasteiger partial charge in [0.05, 0.1) is 18.9 Å². The van der Waals surface area contributed by atoms with Gasteiger partial charge in [0.2, 0.25) is 0 Å². The van der Waals surface area contributed by atoms with Crippen molar-refractivity contribution in [1.82, 2.24) is 9.97 Å². The maximum absolute atomic E-state index is 13.5. The molecule has 5 N–H and O–H groups in total.